The summed E-state index contributed by atoms with van der Waals surface area (Å²) < 4.78 is 45.0. The van der Waals surface area contributed by atoms with E-state index in [4.69, 9.17) is 11.6 Å². The number of rotatable bonds is 6. The summed E-state index contributed by atoms with van der Waals surface area (Å²) in [4.78, 5) is 16.4. The van der Waals surface area contributed by atoms with E-state index in [1.165, 1.54) is 23.9 Å². The Kier molecular flexibility index (Phi) is 6.42. The third-order valence-corrected chi connectivity index (χ3v) is 5.38. The van der Waals surface area contributed by atoms with E-state index in [1.54, 1.807) is 18.2 Å². The summed E-state index contributed by atoms with van der Waals surface area (Å²) in [6.07, 6.45) is -4.76. The van der Waals surface area contributed by atoms with E-state index in [0.717, 1.165) is 23.7 Å². The molecule has 0 saturated carbocycles. The predicted octanol–water partition coefficient (Wildman–Crippen LogP) is 5.49. The van der Waals surface area contributed by atoms with Crippen LogP contribution in [0.2, 0.25) is 5.02 Å². The van der Waals surface area contributed by atoms with Crippen LogP contribution in [0, 0.1) is 0 Å². The highest BCUT2D eigenvalue weighted by atomic mass is 35.5. The quantitative estimate of drug-likeness (QED) is 0.508. The molecule has 1 amide bonds. The summed E-state index contributed by atoms with van der Waals surface area (Å²) in [7, 11) is 0. The van der Waals surface area contributed by atoms with Crippen LogP contribution in [0.4, 0.5) is 18.9 Å². The fraction of sp³-hybridized carbons (Fsp3) is 0.118. The van der Waals surface area contributed by atoms with Crippen molar-refractivity contribution in [1.29, 1.82) is 0 Å². The average Bonchev–Trinajstić information content (AvgIpc) is 3.10. The summed E-state index contributed by atoms with van der Waals surface area (Å²) in [5.41, 5.74) is 1.06. The smallest absolute Gasteiger partial charge is 0.406 e. The van der Waals surface area contributed by atoms with Gasteiger partial charge in [0.15, 0.2) is 10.2 Å². The van der Waals surface area contributed by atoms with Gasteiger partial charge in [0.25, 0.3) is 0 Å². The zero-order chi connectivity index (χ0) is 20.1. The summed E-state index contributed by atoms with van der Waals surface area (Å²) in [5.74, 6) is -0.138. The maximum Gasteiger partial charge on any atom is 0.573 e. The first-order valence-corrected chi connectivity index (χ1v) is 9.81. The lowest BCUT2D eigenvalue weighted by atomic mass is 10.2. The summed E-state index contributed by atoms with van der Waals surface area (Å²) >= 11 is 8.46. The van der Waals surface area contributed by atoms with Crippen LogP contribution in [-0.4, -0.2) is 27.4 Å². The van der Waals surface area contributed by atoms with Gasteiger partial charge in [0.1, 0.15) is 5.75 Å². The molecule has 0 radical (unpaired) electrons. The number of alkyl halides is 3. The number of thioether (sulfide) groups is 1. The van der Waals surface area contributed by atoms with E-state index in [2.05, 4.69) is 19.4 Å². The number of amides is 1. The van der Waals surface area contributed by atoms with Crippen molar-refractivity contribution in [2.75, 3.05) is 11.1 Å². The molecule has 1 aromatic heterocycles. The molecule has 5 nitrogen and oxygen atoms in total. The Hall–Kier alpha value is -2.30. The second-order valence-corrected chi connectivity index (χ2v) is 7.65. The fourth-order valence-electron chi connectivity index (χ4n) is 2.08. The molecular formula is C17H11ClF3N3O2S2. The molecule has 3 aromatic rings. The van der Waals surface area contributed by atoms with Crippen molar-refractivity contribution in [3.8, 4) is 17.1 Å². The normalized spacial score (nSPS) is 11.3. The monoisotopic (exact) mass is 445 g/mol. The van der Waals surface area contributed by atoms with Gasteiger partial charge < -0.3 is 10.1 Å². The van der Waals surface area contributed by atoms with Crippen molar-refractivity contribution in [2.24, 2.45) is 0 Å². The van der Waals surface area contributed by atoms with Crippen LogP contribution in [0.15, 0.2) is 52.9 Å². The Morgan fingerprint density at radius 2 is 1.89 bits per heavy atom. The second-order valence-electron chi connectivity index (χ2n) is 5.27. The van der Waals surface area contributed by atoms with Crippen molar-refractivity contribution in [2.45, 2.75) is 10.7 Å². The molecule has 0 aliphatic rings. The van der Waals surface area contributed by atoms with Crippen molar-refractivity contribution in [3.05, 3.63) is 53.6 Å². The summed E-state index contributed by atoms with van der Waals surface area (Å²) in [5, 5.41) is 3.12. The summed E-state index contributed by atoms with van der Waals surface area (Å²) in [6, 6.07) is 12.1. The van der Waals surface area contributed by atoms with Gasteiger partial charge in [-0.2, -0.15) is 4.37 Å². The van der Waals surface area contributed by atoms with Crippen LogP contribution in [0.25, 0.3) is 11.4 Å². The van der Waals surface area contributed by atoms with Crippen molar-refractivity contribution in [3.63, 3.8) is 0 Å². The van der Waals surface area contributed by atoms with E-state index in [1.807, 2.05) is 6.07 Å². The lowest BCUT2D eigenvalue weighted by Crippen LogP contribution is -2.17. The van der Waals surface area contributed by atoms with Gasteiger partial charge in [0, 0.05) is 11.3 Å². The number of carbonyl (C=O) groups is 1. The first-order chi connectivity index (χ1) is 13.3. The molecule has 0 atom stereocenters. The van der Waals surface area contributed by atoms with Crippen molar-refractivity contribution >= 4 is 46.5 Å². The van der Waals surface area contributed by atoms with E-state index >= 15 is 0 Å². The number of nitrogens with one attached hydrogen (secondary N) is 1. The predicted molar refractivity (Wildman–Crippen MR) is 103 cm³/mol. The molecule has 1 N–H and O–H groups in total. The SMILES string of the molecule is O=C(CSc1nc(-c2ccccc2Cl)ns1)Nc1ccc(OC(F)(F)F)cc1. The molecule has 0 bridgehead atoms. The summed E-state index contributed by atoms with van der Waals surface area (Å²) in [6.45, 7) is 0. The van der Waals surface area contributed by atoms with Gasteiger partial charge in [-0.15, -0.1) is 13.2 Å². The van der Waals surface area contributed by atoms with E-state index in [9.17, 15) is 18.0 Å². The molecule has 0 aliphatic carbocycles. The van der Waals surface area contributed by atoms with Gasteiger partial charge in [-0.05, 0) is 47.9 Å². The van der Waals surface area contributed by atoms with Crippen LogP contribution in [0.5, 0.6) is 5.75 Å². The number of nitrogens with zero attached hydrogens (tertiary/aromatic N) is 2. The molecular weight excluding hydrogens is 435 g/mol. The van der Waals surface area contributed by atoms with Gasteiger partial charge in [-0.3, -0.25) is 4.79 Å². The fourth-order valence-corrected chi connectivity index (χ4v) is 3.71. The highest BCUT2D eigenvalue weighted by Crippen LogP contribution is 2.29. The average molecular weight is 446 g/mol. The molecule has 146 valence electrons. The van der Waals surface area contributed by atoms with Crippen molar-refractivity contribution in [1.82, 2.24) is 9.36 Å². The second kappa shape index (κ2) is 8.80. The molecule has 3 rings (SSSR count). The van der Waals surface area contributed by atoms with E-state index < -0.39 is 6.36 Å². The first-order valence-electron chi connectivity index (χ1n) is 7.67. The molecule has 28 heavy (non-hydrogen) atoms. The van der Waals surface area contributed by atoms with Gasteiger partial charge in [0.05, 0.1) is 10.8 Å². The number of ether oxygens (including phenoxy) is 1. The molecule has 11 heteroatoms. The Morgan fingerprint density at radius 3 is 2.57 bits per heavy atom. The van der Waals surface area contributed by atoms with Crippen LogP contribution >= 0.6 is 34.9 Å². The number of anilines is 1. The number of hydrogen-bond donors (Lipinski definition) is 1. The standard InChI is InChI=1S/C17H11ClF3N3O2S2/c18-13-4-2-1-3-12(13)15-23-16(28-24-15)27-9-14(25)22-10-5-7-11(8-6-10)26-17(19,20)21/h1-8H,9H2,(H,22,25). The molecule has 0 saturated heterocycles. The topological polar surface area (TPSA) is 64.1 Å². The first kappa shape index (κ1) is 20.4. The Morgan fingerprint density at radius 1 is 1.18 bits per heavy atom. The number of benzene rings is 2. The highest BCUT2D eigenvalue weighted by Gasteiger charge is 2.30. The van der Waals surface area contributed by atoms with Crippen molar-refractivity contribution < 1.29 is 22.7 Å². The number of hydrogen-bond acceptors (Lipinski definition) is 6. The van der Waals surface area contributed by atoms with Gasteiger partial charge in [-0.1, -0.05) is 35.5 Å². The molecule has 1 heterocycles. The molecule has 0 unspecified atom stereocenters. The maximum absolute atomic E-state index is 12.1. The van der Waals surface area contributed by atoms with E-state index in [-0.39, 0.29) is 17.4 Å². The van der Waals surface area contributed by atoms with Crippen LogP contribution < -0.4 is 10.1 Å². The van der Waals surface area contributed by atoms with Crippen LogP contribution in [0.3, 0.4) is 0 Å². The molecule has 2 aromatic carbocycles. The highest BCUT2D eigenvalue weighted by molar-refractivity contribution is 8.01. The van der Waals surface area contributed by atoms with Gasteiger partial charge in [0.2, 0.25) is 5.91 Å². The van der Waals surface area contributed by atoms with Crippen LogP contribution in [-0.2, 0) is 4.79 Å². The number of carbonyl (C=O) groups excluding carboxylic acids is 1. The Balaban J connectivity index is 1.53. The van der Waals surface area contributed by atoms with Gasteiger partial charge in [-0.25, -0.2) is 4.98 Å². The minimum absolute atomic E-state index is 0.0674. The third-order valence-electron chi connectivity index (χ3n) is 3.22. The maximum atomic E-state index is 12.1. The lowest BCUT2D eigenvalue weighted by molar-refractivity contribution is -0.274. The van der Waals surface area contributed by atoms with E-state index in [0.29, 0.717) is 26.4 Å². The Labute approximate surface area is 171 Å². The Bertz CT molecular complexity index is 965. The zero-order valence-electron chi connectivity index (χ0n) is 13.9. The molecule has 0 fully saturated rings. The largest absolute Gasteiger partial charge is 0.573 e. The third kappa shape index (κ3) is 5.85. The minimum Gasteiger partial charge on any atom is -0.406 e. The lowest BCUT2D eigenvalue weighted by Gasteiger charge is -2.09. The van der Waals surface area contributed by atoms with Gasteiger partial charge >= 0.3 is 6.36 Å². The minimum atomic E-state index is -4.76. The van der Waals surface area contributed by atoms with Crippen LogP contribution in [0.1, 0.15) is 0 Å². The number of halogens is 4. The zero-order valence-corrected chi connectivity index (χ0v) is 16.3. The molecule has 0 aliphatic heterocycles. The number of aromatic nitrogens is 2. The molecule has 0 spiro atoms.